The van der Waals surface area contributed by atoms with Crippen LogP contribution in [0.15, 0.2) is 30.3 Å². The average Bonchev–Trinajstić information content (AvgIpc) is 2.24. The highest BCUT2D eigenvalue weighted by Crippen LogP contribution is 2.15. The minimum Gasteiger partial charge on any atom is -0.364 e. The van der Waals surface area contributed by atoms with Gasteiger partial charge in [-0.1, -0.05) is 30.3 Å². The Morgan fingerprint density at radius 1 is 1.25 bits per heavy atom. The monoisotopic (exact) mass is 233 g/mol. The van der Waals surface area contributed by atoms with Crippen LogP contribution >= 0.6 is 0 Å². The Morgan fingerprint density at radius 2 is 1.88 bits per heavy atom. The molecule has 0 heterocycles. The fraction of sp³-hybridized carbons (Fsp3) is 0.300. The van der Waals surface area contributed by atoms with E-state index in [0.29, 0.717) is 6.42 Å². The first-order valence-electron chi connectivity index (χ1n) is 4.55. The summed E-state index contributed by atoms with van der Waals surface area (Å²) in [7, 11) is 0. The van der Waals surface area contributed by atoms with Gasteiger partial charge in [0.15, 0.2) is 0 Å². The lowest BCUT2D eigenvalue weighted by molar-refractivity contribution is -0.206. The molecule has 6 heteroatoms. The number of carbonyl (C=O) groups is 1. The minimum absolute atomic E-state index is 0.131. The molecule has 0 atom stereocenters. The van der Waals surface area contributed by atoms with Crippen molar-refractivity contribution in [3.05, 3.63) is 35.9 Å². The third-order valence-corrected chi connectivity index (χ3v) is 1.75. The quantitative estimate of drug-likeness (QED) is 0.637. The molecule has 88 valence electrons. The molecule has 1 aromatic rings. The van der Waals surface area contributed by atoms with E-state index in [4.69, 9.17) is 0 Å². The summed E-state index contributed by atoms with van der Waals surface area (Å²) in [5.41, 5.74) is 2.91. The third-order valence-electron chi connectivity index (χ3n) is 1.75. The number of halogens is 3. The molecule has 0 aromatic heterocycles. The van der Waals surface area contributed by atoms with E-state index in [1.165, 1.54) is 0 Å². The molecule has 1 N–H and O–H groups in total. The molecule has 0 unspecified atom stereocenters. The van der Waals surface area contributed by atoms with Crippen molar-refractivity contribution in [3.8, 4) is 0 Å². The molecular weight excluding hydrogens is 223 g/mol. The molecule has 0 spiro atoms. The van der Waals surface area contributed by atoms with Gasteiger partial charge in [-0.25, -0.2) is 4.79 Å². The molecule has 0 aliphatic carbocycles. The van der Waals surface area contributed by atoms with Gasteiger partial charge in [0, 0.05) is 6.54 Å². The van der Waals surface area contributed by atoms with Crippen LogP contribution in [0.4, 0.5) is 13.2 Å². The molecule has 0 saturated heterocycles. The zero-order valence-corrected chi connectivity index (χ0v) is 8.25. The summed E-state index contributed by atoms with van der Waals surface area (Å²) in [4.78, 5) is 14.1. The highest BCUT2D eigenvalue weighted by atomic mass is 19.4. The number of alkyl halides is 3. The second-order valence-electron chi connectivity index (χ2n) is 3.02. The van der Waals surface area contributed by atoms with Crippen LogP contribution < -0.4 is 5.48 Å². The largest absolute Gasteiger partial charge is 0.492 e. The number of rotatable bonds is 4. The smallest absolute Gasteiger partial charge is 0.364 e. The molecule has 1 rings (SSSR count). The first-order valence-corrected chi connectivity index (χ1v) is 4.55. The van der Waals surface area contributed by atoms with Gasteiger partial charge >= 0.3 is 12.1 Å². The maximum atomic E-state index is 11.7. The number of hydrogen-bond acceptors (Lipinski definition) is 3. The predicted octanol–water partition coefficient (Wildman–Crippen LogP) is 1.84. The number of carbonyl (C=O) groups excluding carboxylic acids is 1. The van der Waals surface area contributed by atoms with Crippen molar-refractivity contribution in [2.75, 3.05) is 6.54 Å². The van der Waals surface area contributed by atoms with E-state index in [2.05, 4.69) is 4.84 Å². The second kappa shape index (κ2) is 5.50. The zero-order chi connectivity index (χ0) is 12.0. The molecule has 0 fully saturated rings. The molecule has 0 aliphatic rings. The Hall–Kier alpha value is -1.56. The van der Waals surface area contributed by atoms with Crippen molar-refractivity contribution in [1.82, 2.24) is 5.48 Å². The predicted molar refractivity (Wildman–Crippen MR) is 50.3 cm³/mol. The lowest BCUT2D eigenvalue weighted by Crippen LogP contribution is -2.32. The lowest BCUT2D eigenvalue weighted by atomic mass is 10.2. The summed E-state index contributed by atoms with van der Waals surface area (Å²) in [6, 6.07) is 9.12. The van der Waals surface area contributed by atoms with E-state index >= 15 is 0 Å². The van der Waals surface area contributed by atoms with Gasteiger partial charge in [-0.05, 0) is 12.0 Å². The van der Waals surface area contributed by atoms with Gasteiger partial charge in [-0.15, -0.1) is 0 Å². The molecule has 1 aromatic carbocycles. The molecule has 0 saturated carbocycles. The summed E-state index contributed by atoms with van der Waals surface area (Å²) >= 11 is 0. The summed E-state index contributed by atoms with van der Waals surface area (Å²) < 4.78 is 35.1. The maximum Gasteiger partial charge on any atom is 0.492 e. The summed E-state index contributed by atoms with van der Waals surface area (Å²) in [6.45, 7) is 0.131. The van der Waals surface area contributed by atoms with E-state index in [0.717, 1.165) is 5.56 Å². The fourth-order valence-electron chi connectivity index (χ4n) is 1.01. The van der Waals surface area contributed by atoms with Crippen molar-refractivity contribution in [1.29, 1.82) is 0 Å². The molecule has 16 heavy (non-hydrogen) atoms. The average molecular weight is 233 g/mol. The fourth-order valence-corrected chi connectivity index (χ4v) is 1.01. The third kappa shape index (κ3) is 4.31. The van der Waals surface area contributed by atoms with Crippen molar-refractivity contribution in [2.24, 2.45) is 0 Å². The molecule has 0 bridgehead atoms. The summed E-state index contributed by atoms with van der Waals surface area (Å²) in [5, 5.41) is 0. The topological polar surface area (TPSA) is 38.3 Å². The van der Waals surface area contributed by atoms with Gasteiger partial charge in [-0.3, -0.25) is 0 Å². The van der Waals surface area contributed by atoms with Gasteiger partial charge < -0.3 is 4.84 Å². The van der Waals surface area contributed by atoms with Crippen LogP contribution in [0.25, 0.3) is 0 Å². The van der Waals surface area contributed by atoms with E-state index < -0.39 is 12.1 Å². The lowest BCUT2D eigenvalue weighted by Gasteiger charge is -2.07. The van der Waals surface area contributed by atoms with Crippen LogP contribution in [-0.4, -0.2) is 18.7 Å². The maximum absolute atomic E-state index is 11.7. The van der Waals surface area contributed by atoms with Crippen LogP contribution in [0.3, 0.4) is 0 Å². The number of hydroxylamine groups is 1. The van der Waals surface area contributed by atoms with Crippen molar-refractivity contribution in [2.45, 2.75) is 12.6 Å². The summed E-state index contributed by atoms with van der Waals surface area (Å²) in [6.07, 6.45) is -4.48. The second-order valence-corrected chi connectivity index (χ2v) is 3.02. The normalized spacial score (nSPS) is 11.2. The van der Waals surface area contributed by atoms with Crippen LogP contribution in [0.1, 0.15) is 5.56 Å². The van der Waals surface area contributed by atoms with Crippen LogP contribution in [0.5, 0.6) is 0 Å². The highest BCUT2D eigenvalue weighted by Gasteiger charge is 2.41. The van der Waals surface area contributed by atoms with E-state index in [9.17, 15) is 18.0 Å². The van der Waals surface area contributed by atoms with Crippen LogP contribution in [0.2, 0.25) is 0 Å². The Kier molecular flexibility index (Phi) is 4.30. The van der Waals surface area contributed by atoms with E-state index in [1.807, 2.05) is 35.8 Å². The molecule has 0 aliphatic heterocycles. The van der Waals surface area contributed by atoms with E-state index in [1.54, 1.807) is 0 Å². The Morgan fingerprint density at radius 3 is 2.44 bits per heavy atom. The number of benzene rings is 1. The summed E-state index contributed by atoms with van der Waals surface area (Å²) in [5.74, 6) is -2.24. The molecular formula is C10H10F3NO2. The van der Waals surface area contributed by atoms with Crippen LogP contribution in [0, 0.1) is 0 Å². The molecule has 0 amide bonds. The van der Waals surface area contributed by atoms with Crippen molar-refractivity contribution >= 4 is 5.97 Å². The minimum atomic E-state index is -4.96. The van der Waals surface area contributed by atoms with Gasteiger partial charge in [-0.2, -0.15) is 18.7 Å². The van der Waals surface area contributed by atoms with Gasteiger partial charge in [0.1, 0.15) is 0 Å². The van der Waals surface area contributed by atoms with E-state index in [-0.39, 0.29) is 6.54 Å². The van der Waals surface area contributed by atoms with Crippen molar-refractivity contribution < 1.29 is 22.8 Å². The highest BCUT2D eigenvalue weighted by molar-refractivity contribution is 5.75. The van der Waals surface area contributed by atoms with Crippen LogP contribution in [-0.2, 0) is 16.1 Å². The zero-order valence-electron chi connectivity index (χ0n) is 8.25. The molecule has 3 nitrogen and oxygen atoms in total. The first-order chi connectivity index (χ1) is 7.50. The van der Waals surface area contributed by atoms with Gasteiger partial charge in [0.05, 0.1) is 0 Å². The first kappa shape index (κ1) is 12.5. The van der Waals surface area contributed by atoms with Gasteiger partial charge in [0.2, 0.25) is 0 Å². The Bertz CT molecular complexity index is 338. The molecule has 0 radical (unpaired) electrons. The SMILES string of the molecule is O=C(ONCCc1ccccc1)C(F)(F)F. The van der Waals surface area contributed by atoms with Crippen molar-refractivity contribution in [3.63, 3.8) is 0 Å². The van der Waals surface area contributed by atoms with Gasteiger partial charge in [0.25, 0.3) is 0 Å². The number of nitrogens with one attached hydrogen (secondary N) is 1. The standard InChI is InChI=1S/C10H10F3NO2/c11-10(12,13)9(15)16-14-7-6-8-4-2-1-3-5-8/h1-5,14H,6-7H2. The number of hydrogen-bond donors (Lipinski definition) is 1. The Balaban J connectivity index is 2.20. The Labute approximate surface area is 90.2 Å².